The highest BCUT2D eigenvalue weighted by Gasteiger charge is 2.13. The summed E-state index contributed by atoms with van der Waals surface area (Å²) in [6.07, 6.45) is 3.91. The van der Waals surface area contributed by atoms with Crippen molar-refractivity contribution in [3.05, 3.63) is 55.8 Å². The standard InChI is InChI=1S/C20H17BrClNO3S/c1-24-15-10-12(11-16(25-2)19(15)26-3)4-9-17-23-18(20(21)27-17)13-5-7-14(22)8-6-13/h4-11H,1-3H3. The van der Waals surface area contributed by atoms with Crippen LogP contribution >= 0.6 is 38.9 Å². The van der Waals surface area contributed by atoms with Gasteiger partial charge < -0.3 is 14.2 Å². The predicted octanol–water partition coefficient (Wildman–Crippen LogP) is 6.42. The summed E-state index contributed by atoms with van der Waals surface area (Å²) < 4.78 is 17.1. The number of ether oxygens (including phenoxy) is 3. The second-order valence-corrected chi connectivity index (χ2v) is 8.26. The lowest BCUT2D eigenvalue weighted by Gasteiger charge is -2.12. The zero-order valence-electron chi connectivity index (χ0n) is 15.0. The lowest BCUT2D eigenvalue weighted by atomic mass is 10.1. The first-order valence-electron chi connectivity index (χ1n) is 7.96. The Morgan fingerprint density at radius 2 is 1.59 bits per heavy atom. The molecule has 0 atom stereocenters. The van der Waals surface area contributed by atoms with Crippen molar-refractivity contribution in [1.82, 2.24) is 4.98 Å². The highest BCUT2D eigenvalue weighted by molar-refractivity contribution is 9.11. The minimum Gasteiger partial charge on any atom is -0.493 e. The first-order valence-corrected chi connectivity index (χ1v) is 9.94. The lowest BCUT2D eigenvalue weighted by Crippen LogP contribution is -1.95. The van der Waals surface area contributed by atoms with Crippen LogP contribution in [0.2, 0.25) is 5.02 Å². The Balaban J connectivity index is 1.90. The molecule has 0 saturated carbocycles. The molecular weight excluding hydrogens is 450 g/mol. The first kappa shape index (κ1) is 19.7. The van der Waals surface area contributed by atoms with Gasteiger partial charge in [-0.3, -0.25) is 0 Å². The van der Waals surface area contributed by atoms with Crippen LogP contribution in [0.5, 0.6) is 17.2 Å². The molecule has 0 aliphatic rings. The van der Waals surface area contributed by atoms with Gasteiger partial charge in [0.2, 0.25) is 5.75 Å². The van der Waals surface area contributed by atoms with E-state index in [4.69, 9.17) is 30.8 Å². The smallest absolute Gasteiger partial charge is 0.203 e. The molecule has 0 amide bonds. The number of thiazole rings is 1. The van der Waals surface area contributed by atoms with Crippen molar-refractivity contribution in [2.24, 2.45) is 0 Å². The van der Waals surface area contributed by atoms with E-state index < -0.39 is 0 Å². The van der Waals surface area contributed by atoms with E-state index in [9.17, 15) is 0 Å². The van der Waals surface area contributed by atoms with Crippen molar-refractivity contribution in [2.45, 2.75) is 0 Å². The minimum absolute atomic E-state index is 0.569. The summed E-state index contributed by atoms with van der Waals surface area (Å²) in [5.74, 6) is 1.79. The molecule has 0 bridgehead atoms. The van der Waals surface area contributed by atoms with Crippen molar-refractivity contribution < 1.29 is 14.2 Å². The van der Waals surface area contributed by atoms with Crippen molar-refractivity contribution in [3.8, 4) is 28.5 Å². The van der Waals surface area contributed by atoms with Gasteiger partial charge in [-0.25, -0.2) is 4.98 Å². The molecule has 3 aromatic rings. The van der Waals surface area contributed by atoms with Crippen LogP contribution in [0.4, 0.5) is 0 Å². The molecule has 0 N–H and O–H groups in total. The normalized spacial score (nSPS) is 11.0. The fourth-order valence-corrected chi connectivity index (χ4v) is 4.20. The number of halogens is 2. The molecule has 0 spiro atoms. The van der Waals surface area contributed by atoms with Gasteiger partial charge in [-0.05, 0) is 51.8 Å². The molecule has 2 aromatic carbocycles. The Morgan fingerprint density at radius 1 is 0.963 bits per heavy atom. The molecule has 1 aromatic heterocycles. The van der Waals surface area contributed by atoms with E-state index in [1.54, 1.807) is 32.7 Å². The van der Waals surface area contributed by atoms with Crippen LogP contribution in [0.3, 0.4) is 0 Å². The highest BCUT2D eigenvalue weighted by Crippen LogP contribution is 2.39. The summed E-state index contributed by atoms with van der Waals surface area (Å²) in [6.45, 7) is 0. The van der Waals surface area contributed by atoms with E-state index in [2.05, 4.69) is 15.9 Å². The maximum absolute atomic E-state index is 5.96. The van der Waals surface area contributed by atoms with Gasteiger partial charge >= 0.3 is 0 Å². The molecule has 27 heavy (non-hydrogen) atoms. The van der Waals surface area contributed by atoms with Crippen molar-refractivity contribution in [2.75, 3.05) is 21.3 Å². The number of hydrogen-bond acceptors (Lipinski definition) is 5. The van der Waals surface area contributed by atoms with E-state index in [1.807, 2.05) is 48.6 Å². The SMILES string of the molecule is COc1cc(C=Cc2nc(-c3ccc(Cl)cc3)c(Br)s2)cc(OC)c1OC. The van der Waals surface area contributed by atoms with Gasteiger partial charge in [-0.15, -0.1) is 11.3 Å². The molecule has 3 rings (SSSR count). The molecule has 1 heterocycles. The Morgan fingerprint density at radius 3 is 2.15 bits per heavy atom. The maximum Gasteiger partial charge on any atom is 0.203 e. The quantitative estimate of drug-likeness (QED) is 0.420. The molecule has 7 heteroatoms. The van der Waals surface area contributed by atoms with Gasteiger partial charge in [0.15, 0.2) is 11.5 Å². The Hall–Kier alpha value is -2.02. The third-order valence-electron chi connectivity index (χ3n) is 3.83. The van der Waals surface area contributed by atoms with Gasteiger partial charge in [0.25, 0.3) is 0 Å². The van der Waals surface area contributed by atoms with E-state index in [-0.39, 0.29) is 0 Å². The fraction of sp³-hybridized carbons (Fsp3) is 0.150. The minimum atomic E-state index is 0.569. The lowest BCUT2D eigenvalue weighted by molar-refractivity contribution is 0.324. The summed E-state index contributed by atoms with van der Waals surface area (Å²) in [7, 11) is 4.78. The highest BCUT2D eigenvalue weighted by atomic mass is 79.9. The number of benzene rings is 2. The monoisotopic (exact) mass is 465 g/mol. The fourth-order valence-electron chi connectivity index (χ4n) is 2.54. The molecular formula is C20H17BrClNO3S. The third-order valence-corrected chi connectivity index (χ3v) is 5.75. The van der Waals surface area contributed by atoms with Crippen LogP contribution < -0.4 is 14.2 Å². The second kappa shape index (κ2) is 8.78. The van der Waals surface area contributed by atoms with E-state index in [1.165, 1.54) is 0 Å². The van der Waals surface area contributed by atoms with Crippen LogP contribution in [-0.4, -0.2) is 26.3 Å². The Kier molecular flexibility index (Phi) is 6.42. The van der Waals surface area contributed by atoms with Gasteiger partial charge in [0, 0.05) is 10.6 Å². The van der Waals surface area contributed by atoms with Crippen molar-refractivity contribution in [3.63, 3.8) is 0 Å². The van der Waals surface area contributed by atoms with E-state index in [0.29, 0.717) is 22.3 Å². The van der Waals surface area contributed by atoms with Gasteiger partial charge in [-0.2, -0.15) is 0 Å². The summed E-state index contributed by atoms with van der Waals surface area (Å²) in [5, 5.41) is 1.58. The van der Waals surface area contributed by atoms with Crippen LogP contribution in [0.15, 0.2) is 40.2 Å². The van der Waals surface area contributed by atoms with E-state index >= 15 is 0 Å². The molecule has 0 radical (unpaired) electrons. The number of hydrogen-bond donors (Lipinski definition) is 0. The summed E-state index contributed by atoms with van der Waals surface area (Å²) in [4.78, 5) is 4.70. The van der Waals surface area contributed by atoms with Crippen LogP contribution in [0.1, 0.15) is 10.6 Å². The van der Waals surface area contributed by atoms with Gasteiger partial charge in [0.05, 0.1) is 30.8 Å². The molecule has 4 nitrogen and oxygen atoms in total. The zero-order chi connectivity index (χ0) is 19.4. The third kappa shape index (κ3) is 4.46. The first-order chi connectivity index (χ1) is 13.0. The summed E-state index contributed by atoms with van der Waals surface area (Å²) in [6, 6.07) is 11.4. The van der Waals surface area contributed by atoms with Gasteiger partial charge in [0.1, 0.15) is 5.01 Å². The number of aromatic nitrogens is 1. The van der Waals surface area contributed by atoms with Crippen LogP contribution in [0.25, 0.3) is 23.4 Å². The number of nitrogens with zero attached hydrogens (tertiary/aromatic N) is 1. The largest absolute Gasteiger partial charge is 0.493 e. The number of rotatable bonds is 6. The maximum atomic E-state index is 5.96. The second-order valence-electron chi connectivity index (χ2n) is 5.47. The van der Waals surface area contributed by atoms with Gasteiger partial charge in [-0.1, -0.05) is 29.8 Å². The molecule has 0 fully saturated rings. The predicted molar refractivity (Wildman–Crippen MR) is 115 cm³/mol. The van der Waals surface area contributed by atoms with Crippen molar-refractivity contribution >= 4 is 51.0 Å². The Labute approximate surface area is 175 Å². The topological polar surface area (TPSA) is 40.6 Å². The molecule has 0 saturated heterocycles. The van der Waals surface area contributed by atoms with Crippen LogP contribution in [0, 0.1) is 0 Å². The molecule has 0 aliphatic carbocycles. The summed E-state index contributed by atoms with van der Waals surface area (Å²) in [5.41, 5.74) is 2.82. The molecule has 0 unspecified atom stereocenters. The average molecular weight is 467 g/mol. The molecule has 140 valence electrons. The van der Waals surface area contributed by atoms with E-state index in [0.717, 1.165) is 25.6 Å². The summed E-state index contributed by atoms with van der Waals surface area (Å²) >= 11 is 11.1. The number of methoxy groups -OCH3 is 3. The Bertz CT molecular complexity index is 945. The zero-order valence-corrected chi connectivity index (χ0v) is 18.1. The molecule has 0 aliphatic heterocycles. The average Bonchev–Trinajstić information content (AvgIpc) is 3.06. The van der Waals surface area contributed by atoms with Crippen LogP contribution in [-0.2, 0) is 0 Å². The van der Waals surface area contributed by atoms with Crippen molar-refractivity contribution in [1.29, 1.82) is 0 Å².